The Hall–Kier alpha value is -5.60. The quantitative estimate of drug-likeness (QED) is 0.222. The highest BCUT2D eigenvalue weighted by Gasteiger charge is 2.07. The van der Waals surface area contributed by atoms with Crippen LogP contribution in [0.25, 0.3) is 67.8 Å². The van der Waals surface area contributed by atoms with Gasteiger partial charge in [0.2, 0.25) is 0 Å². The monoisotopic (exact) mass is 553 g/mol. The maximum atomic E-state index is 5.81. The van der Waals surface area contributed by atoms with Crippen LogP contribution in [0.5, 0.6) is 0 Å². The summed E-state index contributed by atoms with van der Waals surface area (Å²) in [4.78, 5) is 0. The van der Waals surface area contributed by atoms with Crippen LogP contribution in [0.2, 0.25) is 0 Å². The van der Waals surface area contributed by atoms with E-state index in [0.717, 1.165) is 33.1 Å². The number of nitrogens with one attached hydrogen (secondary N) is 1. The van der Waals surface area contributed by atoms with Crippen LogP contribution in [0.15, 0.2) is 156 Å². The van der Waals surface area contributed by atoms with Gasteiger partial charge in [-0.2, -0.15) is 0 Å². The molecule has 0 bridgehead atoms. The predicted molar refractivity (Wildman–Crippen MR) is 183 cm³/mol. The van der Waals surface area contributed by atoms with Crippen molar-refractivity contribution < 1.29 is 4.42 Å². The summed E-state index contributed by atoms with van der Waals surface area (Å²) >= 11 is 0. The number of hydrogen-bond donors (Lipinski definition) is 1. The van der Waals surface area contributed by atoms with Gasteiger partial charge in [0.25, 0.3) is 0 Å². The number of hydrogen-bond acceptors (Lipinski definition) is 2. The molecule has 6 aromatic carbocycles. The molecule has 2 heteroatoms. The minimum Gasteiger partial charge on any atom is -0.457 e. The minimum absolute atomic E-state index is 0.676. The van der Waals surface area contributed by atoms with Crippen LogP contribution >= 0.6 is 0 Å². The Kier molecular flexibility index (Phi) is 6.94. The van der Waals surface area contributed by atoms with Crippen LogP contribution in [0.1, 0.15) is 6.92 Å². The molecule has 1 heterocycles. The van der Waals surface area contributed by atoms with Crippen molar-refractivity contribution in [2.45, 2.75) is 6.92 Å². The van der Waals surface area contributed by atoms with Crippen LogP contribution in [-0.4, -0.2) is 0 Å². The normalized spacial score (nSPS) is 12.2. The van der Waals surface area contributed by atoms with Gasteiger partial charge in [-0.3, -0.25) is 0 Å². The summed E-state index contributed by atoms with van der Waals surface area (Å²) in [5.74, 6) is 0. The van der Waals surface area contributed by atoms with Crippen LogP contribution in [0, 0.1) is 0 Å². The molecule has 0 spiro atoms. The number of benzene rings is 6. The van der Waals surface area contributed by atoms with Gasteiger partial charge in [-0.15, -0.1) is 0 Å². The lowest BCUT2D eigenvalue weighted by Gasteiger charge is -2.11. The van der Waals surface area contributed by atoms with E-state index in [9.17, 15) is 0 Å². The molecule has 0 aliphatic rings. The zero-order chi connectivity index (χ0) is 29.2. The number of fused-ring (bicyclic) bond motifs is 2. The first kappa shape index (κ1) is 26.3. The molecule has 7 rings (SSSR count). The lowest BCUT2D eigenvalue weighted by Crippen LogP contribution is -2.17. The first-order valence-electron chi connectivity index (χ1n) is 14.5. The average molecular weight is 554 g/mol. The number of para-hydroxylation sites is 1. The summed E-state index contributed by atoms with van der Waals surface area (Å²) < 4.78 is 5.81. The van der Waals surface area contributed by atoms with Crippen molar-refractivity contribution in [2.24, 2.45) is 0 Å². The van der Waals surface area contributed by atoms with Gasteiger partial charge in [-0.05, 0) is 93.6 Å². The van der Waals surface area contributed by atoms with Crippen molar-refractivity contribution in [1.82, 2.24) is 0 Å². The molecule has 0 aliphatic heterocycles. The molecule has 0 saturated heterocycles. The third kappa shape index (κ3) is 5.39. The predicted octanol–water partition coefficient (Wildman–Crippen LogP) is 9.79. The molecule has 0 radical (unpaired) electrons. The van der Waals surface area contributed by atoms with Crippen LogP contribution < -0.4 is 16.0 Å². The second-order valence-corrected chi connectivity index (χ2v) is 10.8. The zero-order valence-electron chi connectivity index (χ0n) is 24.0. The molecule has 1 N–H and O–H groups in total. The summed E-state index contributed by atoms with van der Waals surface area (Å²) in [6, 6.07) is 49.3. The van der Waals surface area contributed by atoms with Crippen molar-refractivity contribution in [3.8, 4) is 33.4 Å². The molecule has 43 heavy (non-hydrogen) atoms. The first-order valence-corrected chi connectivity index (χ1v) is 14.5. The third-order valence-corrected chi connectivity index (χ3v) is 7.91. The van der Waals surface area contributed by atoms with Crippen molar-refractivity contribution >= 4 is 40.1 Å². The van der Waals surface area contributed by atoms with Gasteiger partial charge in [-0.1, -0.05) is 116 Å². The summed E-state index contributed by atoms with van der Waals surface area (Å²) in [5, 5.41) is 8.15. The SMILES string of the molecule is C=c1oc2ccccc2/c1=C/C=C(\C)Nc1cccc(-c2cccc(-c3cccc(-c4cccc5ccccc45)c3)c2)c1. The van der Waals surface area contributed by atoms with E-state index >= 15 is 0 Å². The topological polar surface area (TPSA) is 25.2 Å². The Morgan fingerprint density at radius 2 is 1.19 bits per heavy atom. The molecular formula is C41H31NO. The average Bonchev–Trinajstić information content (AvgIpc) is 3.38. The van der Waals surface area contributed by atoms with Gasteiger partial charge < -0.3 is 9.73 Å². The standard InChI is InChI=1S/C41H31NO/c1-28(23-24-37-29(2)43-41-22-6-5-20-40(37)41)42-36-18-9-16-34(27-36)32-14-7-13-31(25-32)33-15-8-17-35(26-33)39-21-10-12-30-11-3-4-19-38(30)39/h3-27,42H,2H2,1H3/b28-23+,37-24+. The minimum atomic E-state index is 0.676. The fourth-order valence-corrected chi connectivity index (χ4v) is 5.77. The molecule has 2 nitrogen and oxygen atoms in total. The molecule has 206 valence electrons. The zero-order valence-corrected chi connectivity index (χ0v) is 24.0. The van der Waals surface area contributed by atoms with Crippen molar-refractivity contribution in [2.75, 3.05) is 5.32 Å². The lowest BCUT2D eigenvalue weighted by molar-refractivity contribution is 0.577. The van der Waals surface area contributed by atoms with Crippen LogP contribution in [-0.2, 0) is 0 Å². The van der Waals surface area contributed by atoms with E-state index in [1.54, 1.807) is 0 Å². The maximum Gasteiger partial charge on any atom is 0.135 e. The first-order chi connectivity index (χ1) is 21.1. The third-order valence-electron chi connectivity index (χ3n) is 7.91. The lowest BCUT2D eigenvalue weighted by atomic mass is 9.94. The summed E-state index contributed by atoms with van der Waals surface area (Å²) in [6.45, 7) is 6.15. The number of rotatable bonds is 6. The Morgan fingerprint density at radius 1 is 0.605 bits per heavy atom. The van der Waals surface area contributed by atoms with Crippen LogP contribution in [0.3, 0.4) is 0 Å². The molecule has 7 aromatic rings. The van der Waals surface area contributed by atoms with Gasteiger partial charge in [0, 0.05) is 22.0 Å². The smallest absolute Gasteiger partial charge is 0.135 e. The Labute approximate surface area is 251 Å². The van der Waals surface area contributed by atoms with E-state index in [1.165, 1.54) is 38.6 Å². The van der Waals surface area contributed by atoms with E-state index in [-0.39, 0.29) is 0 Å². The van der Waals surface area contributed by atoms with E-state index < -0.39 is 0 Å². The highest BCUT2D eigenvalue weighted by Crippen LogP contribution is 2.33. The molecule has 1 aromatic heterocycles. The second kappa shape index (κ2) is 11.3. The van der Waals surface area contributed by atoms with Crippen molar-refractivity contribution in [3.63, 3.8) is 0 Å². The molecule has 0 amide bonds. The molecule has 0 unspecified atom stereocenters. The van der Waals surface area contributed by atoms with Crippen LogP contribution in [0.4, 0.5) is 5.69 Å². The summed E-state index contributed by atoms with van der Waals surface area (Å²) in [6.07, 6.45) is 4.14. The highest BCUT2D eigenvalue weighted by atomic mass is 16.3. The largest absolute Gasteiger partial charge is 0.457 e. The van der Waals surface area contributed by atoms with E-state index in [2.05, 4.69) is 152 Å². The summed E-state index contributed by atoms with van der Waals surface area (Å²) in [7, 11) is 0. The van der Waals surface area contributed by atoms with Crippen molar-refractivity contribution in [1.29, 1.82) is 0 Å². The maximum absolute atomic E-state index is 5.81. The highest BCUT2D eigenvalue weighted by molar-refractivity contribution is 5.97. The number of anilines is 1. The number of furan rings is 1. The van der Waals surface area contributed by atoms with E-state index in [4.69, 9.17) is 4.42 Å². The van der Waals surface area contributed by atoms with Crippen molar-refractivity contribution in [3.05, 3.63) is 162 Å². The van der Waals surface area contributed by atoms with Gasteiger partial charge in [0.05, 0.1) is 0 Å². The molecule has 0 atom stereocenters. The van der Waals surface area contributed by atoms with Gasteiger partial charge in [0.1, 0.15) is 11.0 Å². The molecular weight excluding hydrogens is 522 g/mol. The van der Waals surface area contributed by atoms with Gasteiger partial charge in [0.15, 0.2) is 0 Å². The molecule has 0 saturated carbocycles. The van der Waals surface area contributed by atoms with Gasteiger partial charge >= 0.3 is 0 Å². The van der Waals surface area contributed by atoms with E-state index in [0.29, 0.717) is 5.42 Å². The Morgan fingerprint density at radius 3 is 1.98 bits per heavy atom. The fourth-order valence-electron chi connectivity index (χ4n) is 5.77. The Bertz CT molecular complexity index is 2250. The van der Waals surface area contributed by atoms with E-state index in [1.807, 2.05) is 18.2 Å². The Balaban J connectivity index is 1.16. The molecule has 0 aliphatic carbocycles. The van der Waals surface area contributed by atoms with Gasteiger partial charge in [-0.25, -0.2) is 0 Å². The second-order valence-electron chi connectivity index (χ2n) is 10.8. The molecule has 0 fully saturated rings. The summed E-state index contributed by atoms with van der Waals surface area (Å²) in [5.41, 5.74) is 10.8. The number of allylic oxidation sites excluding steroid dienone is 2. The fraction of sp³-hybridized carbons (Fsp3) is 0.0244.